The molecule has 4 nitrogen and oxygen atoms in total. The molecule has 0 unspecified atom stereocenters. The van der Waals surface area contributed by atoms with E-state index in [0.29, 0.717) is 5.75 Å². The molecular formula is C17H20BNO3. The molecule has 2 aromatic rings. The highest BCUT2D eigenvalue weighted by Gasteiger charge is 2.51. The Labute approximate surface area is 131 Å². The van der Waals surface area contributed by atoms with Gasteiger partial charge in [0, 0.05) is 6.20 Å². The largest absolute Gasteiger partial charge is 0.494 e. The van der Waals surface area contributed by atoms with Crippen LogP contribution in [0.3, 0.4) is 0 Å². The van der Waals surface area contributed by atoms with Gasteiger partial charge in [-0.25, -0.2) is 0 Å². The van der Waals surface area contributed by atoms with Crippen LogP contribution in [0.1, 0.15) is 27.7 Å². The van der Waals surface area contributed by atoms with Gasteiger partial charge in [0.2, 0.25) is 0 Å². The fourth-order valence-corrected chi connectivity index (χ4v) is 2.25. The van der Waals surface area contributed by atoms with E-state index in [-0.39, 0.29) is 18.3 Å². The van der Waals surface area contributed by atoms with Crippen molar-refractivity contribution in [1.29, 1.82) is 0 Å². The second-order valence-corrected chi connectivity index (χ2v) is 6.45. The number of hydrogen-bond acceptors (Lipinski definition) is 4. The first-order valence-corrected chi connectivity index (χ1v) is 7.41. The summed E-state index contributed by atoms with van der Waals surface area (Å²) in [6.07, 6.45) is 3.40. The number of aromatic nitrogens is 1. The van der Waals surface area contributed by atoms with E-state index < -0.39 is 0 Å². The van der Waals surface area contributed by atoms with Gasteiger partial charge in [-0.15, -0.1) is 0 Å². The summed E-state index contributed by atoms with van der Waals surface area (Å²) in [6.45, 7) is 8.18. The third kappa shape index (κ3) is 2.87. The molecule has 1 saturated heterocycles. The summed E-state index contributed by atoms with van der Waals surface area (Å²) in [4.78, 5) is 4.04. The Kier molecular flexibility index (Phi) is 3.71. The molecule has 0 spiro atoms. The molecule has 0 radical (unpaired) electrons. The van der Waals surface area contributed by atoms with Crippen LogP contribution < -0.4 is 10.2 Å². The number of pyridine rings is 1. The first-order valence-electron chi connectivity index (χ1n) is 7.41. The van der Waals surface area contributed by atoms with Crippen LogP contribution in [0.5, 0.6) is 11.5 Å². The van der Waals surface area contributed by atoms with Gasteiger partial charge in [0.15, 0.2) is 0 Å². The molecule has 1 aliphatic rings. The lowest BCUT2D eigenvalue weighted by Crippen LogP contribution is -2.41. The Morgan fingerprint density at radius 1 is 0.955 bits per heavy atom. The van der Waals surface area contributed by atoms with Crippen LogP contribution in [-0.4, -0.2) is 23.3 Å². The van der Waals surface area contributed by atoms with Crippen LogP contribution in [0.25, 0.3) is 0 Å². The van der Waals surface area contributed by atoms with E-state index in [1.807, 2.05) is 64.1 Å². The molecule has 22 heavy (non-hydrogen) atoms. The standard InChI is InChI=1S/C17H20BNO3/c1-16(2)17(3,4)22-18(21-16)13-7-5-8-14(11-13)20-15-9-6-10-19-12-15/h5-12H,1-4H3. The second kappa shape index (κ2) is 5.41. The van der Waals surface area contributed by atoms with Gasteiger partial charge >= 0.3 is 7.12 Å². The molecule has 0 atom stereocenters. The van der Waals surface area contributed by atoms with Gasteiger partial charge in [-0.2, -0.15) is 0 Å². The minimum Gasteiger partial charge on any atom is -0.456 e. The first-order chi connectivity index (χ1) is 10.4. The summed E-state index contributed by atoms with van der Waals surface area (Å²) in [5.41, 5.74) is 0.246. The monoisotopic (exact) mass is 297 g/mol. The van der Waals surface area contributed by atoms with Crippen LogP contribution in [-0.2, 0) is 9.31 Å². The summed E-state index contributed by atoms with van der Waals surface area (Å²) < 4.78 is 17.9. The summed E-state index contributed by atoms with van der Waals surface area (Å²) in [5.74, 6) is 1.44. The van der Waals surface area contributed by atoms with Crippen molar-refractivity contribution in [3.8, 4) is 11.5 Å². The molecule has 2 heterocycles. The Balaban J connectivity index is 1.81. The lowest BCUT2D eigenvalue weighted by atomic mass is 9.79. The van der Waals surface area contributed by atoms with Crippen LogP contribution in [0.15, 0.2) is 48.8 Å². The van der Waals surface area contributed by atoms with E-state index in [1.165, 1.54) is 0 Å². The van der Waals surface area contributed by atoms with E-state index in [0.717, 1.165) is 11.2 Å². The lowest BCUT2D eigenvalue weighted by molar-refractivity contribution is 0.00578. The molecule has 1 aromatic heterocycles. The smallest absolute Gasteiger partial charge is 0.456 e. The number of ether oxygens (including phenoxy) is 1. The quantitative estimate of drug-likeness (QED) is 0.816. The molecule has 0 bridgehead atoms. The molecule has 0 aliphatic carbocycles. The number of hydrogen-bond donors (Lipinski definition) is 0. The average molecular weight is 297 g/mol. The van der Waals surface area contributed by atoms with Crippen LogP contribution in [0.2, 0.25) is 0 Å². The lowest BCUT2D eigenvalue weighted by Gasteiger charge is -2.32. The molecule has 1 fully saturated rings. The highest BCUT2D eigenvalue weighted by Crippen LogP contribution is 2.36. The van der Waals surface area contributed by atoms with Crippen molar-refractivity contribution in [3.63, 3.8) is 0 Å². The maximum Gasteiger partial charge on any atom is 0.494 e. The van der Waals surface area contributed by atoms with Gasteiger partial charge in [0.05, 0.1) is 17.4 Å². The summed E-state index contributed by atoms with van der Waals surface area (Å²) in [7, 11) is -0.387. The Bertz CT molecular complexity index is 642. The van der Waals surface area contributed by atoms with Crippen molar-refractivity contribution >= 4 is 12.6 Å². The zero-order valence-electron chi connectivity index (χ0n) is 13.4. The van der Waals surface area contributed by atoms with Gasteiger partial charge in [-0.3, -0.25) is 4.98 Å². The maximum absolute atomic E-state index is 6.07. The van der Waals surface area contributed by atoms with E-state index in [4.69, 9.17) is 14.0 Å². The zero-order chi connectivity index (χ0) is 15.8. The summed E-state index contributed by atoms with van der Waals surface area (Å²) >= 11 is 0. The fraction of sp³-hybridized carbons (Fsp3) is 0.353. The Morgan fingerprint density at radius 2 is 1.64 bits per heavy atom. The van der Waals surface area contributed by atoms with Crippen molar-refractivity contribution in [2.24, 2.45) is 0 Å². The van der Waals surface area contributed by atoms with Crippen LogP contribution in [0.4, 0.5) is 0 Å². The SMILES string of the molecule is CC1(C)OB(c2cccc(Oc3cccnc3)c2)OC1(C)C. The first kappa shape index (κ1) is 15.1. The number of rotatable bonds is 3. The fourth-order valence-electron chi connectivity index (χ4n) is 2.25. The summed E-state index contributed by atoms with van der Waals surface area (Å²) in [6, 6.07) is 11.5. The normalized spacial score (nSPS) is 19.2. The van der Waals surface area contributed by atoms with Crippen molar-refractivity contribution in [1.82, 2.24) is 4.98 Å². The zero-order valence-corrected chi connectivity index (χ0v) is 13.4. The van der Waals surface area contributed by atoms with Gasteiger partial charge in [-0.05, 0) is 57.4 Å². The minimum absolute atomic E-state index is 0.349. The molecule has 114 valence electrons. The molecule has 0 saturated carbocycles. The van der Waals surface area contributed by atoms with E-state index in [2.05, 4.69) is 4.98 Å². The molecule has 3 rings (SSSR count). The Morgan fingerprint density at radius 3 is 2.27 bits per heavy atom. The molecule has 1 aromatic carbocycles. The van der Waals surface area contributed by atoms with E-state index in [9.17, 15) is 0 Å². The van der Waals surface area contributed by atoms with Crippen molar-refractivity contribution in [3.05, 3.63) is 48.8 Å². The summed E-state index contributed by atoms with van der Waals surface area (Å²) in [5, 5.41) is 0. The highest BCUT2D eigenvalue weighted by atomic mass is 16.7. The van der Waals surface area contributed by atoms with Gasteiger partial charge in [0.1, 0.15) is 11.5 Å². The van der Waals surface area contributed by atoms with Crippen LogP contribution in [0, 0.1) is 0 Å². The number of benzene rings is 1. The molecule has 5 heteroatoms. The number of nitrogens with zero attached hydrogens (tertiary/aromatic N) is 1. The van der Waals surface area contributed by atoms with E-state index in [1.54, 1.807) is 12.4 Å². The predicted octanol–water partition coefficient (Wildman–Crippen LogP) is 3.17. The minimum atomic E-state index is -0.387. The molecule has 0 N–H and O–H groups in total. The van der Waals surface area contributed by atoms with Crippen molar-refractivity contribution in [2.45, 2.75) is 38.9 Å². The van der Waals surface area contributed by atoms with Gasteiger partial charge in [0.25, 0.3) is 0 Å². The highest BCUT2D eigenvalue weighted by molar-refractivity contribution is 6.62. The third-order valence-electron chi connectivity index (χ3n) is 4.25. The van der Waals surface area contributed by atoms with Gasteiger partial charge in [-0.1, -0.05) is 12.1 Å². The topological polar surface area (TPSA) is 40.6 Å². The maximum atomic E-state index is 6.07. The van der Waals surface area contributed by atoms with Gasteiger partial charge < -0.3 is 14.0 Å². The molecule has 1 aliphatic heterocycles. The average Bonchev–Trinajstić information content (AvgIpc) is 2.69. The Hall–Kier alpha value is -1.85. The predicted molar refractivity (Wildman–Crippen MR) is 86.5 cm³/mol. The van der Waals surface area contributed by atoms with Crippen molar-refractivity contribution in [2.75, 3.05) is 0 Å². The third-order valence-corrected chi connectivity index (χ3v) is 4.25. The van der Waals surface area contributed by atoms with E-state index >= 15 is 0 Å². The van der Waals surface area contributed by atoms with Crippen LogP contribution >= 0.6 is 0 Å². The second-order valence-electron chi connectivity index (χ2n) is 6.45. The molecule has 0 amide bonds. The van der Waals surface area contributed by atoms with Crippen molar-refractivity contribution < 1.29 is 14.0 Å². The molecular weight excluding hydrogens is 277 g/mol.